The molecule has 5 nitrogen and oxygen atoms in total. The second kappa shape index (κ2) is 5.45. The highest BCUT2D eigenvalue weighted by Crippen LogP contribution is 2.26. The van der Waals surface area contributed by atoms with Gasteiger partial charge in [-0.3, -0.25) is 4.90 Å². The standard InChI is InChI=1S/C12H24N2O3S/c1-9-3-4-12(17-9)11(7-13)14(2)10-5-6-18(15,16)8-10/h9-12H,3-8,13H2,1-2H3. The maximum Gasteiger partial charge on any atom is 0.151 e. The summed E-state index contributed by atoms with van der Waals surface area (Å²) in [5, 5.41) is 0. The van der Waals surface area contributed by atoms with Crippen molar-refractivity contribution >= 4 is 9.84 Å². The zero-order chi connectivity index (χ0) is 13.3. The van der Waals surface area contributed by atoms with Gasteiger partial charge in [-0.25, -0.2) is 8.42 Å². The largest absolute Gasteiger partial charge is 0.374 e. The van der Waals surface area contributed by atoms with Gasteiger partial charge in [0, 0.05) is 18.6 Å². The molecular weight excluding hydrogens is 252 g/mol. The van der Waals surface area contributed by atoms with Crippen molar-refractivity contribution in [3.05, 3.63) is 0 Å². The molecule has 2 aliphatic rings. The van der Waals surface area contributed by atoms with Crippen molar-refractivity contribution in [3.63, 3.8) is 0 Å². The van der Waals surface area contributed by atoms with Crippen LogP contribution < -0.4 is 5.73 Å². The quantitative estimate of drug-likeness (QED) is 0.782. The second-order valence-electron chi connectivity index (χ2n) is 5.59. The van der Waals surface area contributed by atoms with Crippen LogP contribution >= 0.6 is 0 Å². The summed E-state index contributed by atoms with van der Waals surface area (Å²) in [6.07, 6.45) is 3.26. The Kier molecular flexibility index (Phi) is 4.31. The van der Waals surface area contributed by atoms with Gasteiger partial charge in [0.25, 0.3) is 0 Å². The Labute approximate surface area is 110 Å². The first-order valence-electron chi connectivity index (χ1n) is 6.71. The highest BCUT2D eigenvalue weighted by Gasteiger charge is 2.38. The number of likely N-dealkylation sites (N-methyl/N-ethyl adjacent to an activating group) is 1. The van der Waals surface area contributed by atoms with Gasteiger partial charge in [0.2, 0.25) is 0 Å². The van der Waals surface area contributed by atoms with Gasteiger partial charge in [0.15, 0.2) is 9.84 Å². The van der Waals surface area contributed by atoms with E-state index in [0.717, 1.165) is 19.3 Å². The lowest BCUT2D eigenvalue weighted by Crippen LogP contribution is -2.51. The van der Waals surface area contributed by atoms with Crippen molar-refractivity contribution in [3.8, 4) is 0 Å². The van der Waals surface area contributed by atoms with Gasteiger partial charge in [0.1, 0.15) is 0 Å². The lowest BCUT2D eigenvalue weighted by Gasteiger charge is -2.35. The normalized spacial score (nSPS) is 37.2. The molecule has 18 heavy (non-hydrogen) atoms. The Bertz CT molecular complexity index is 385. The molecule has 0 bridgehead atoms. The fraction of sp³-hybridized carbons (Fsp3) is 1.00. The number of hydrogen-bond acceptors (Lipinski definition) is 5. The molecule has 0 amide bonds. The molecule has 0 aromatic heterocycles. The van der Waals surface area contributed by atoms with E-state index in [4.69, 9.17) is 10.5 Å². The molecule has 106 valence electrons. The maximum absolute atomic E-state index is 11.5. The predicted molar refractivity (Wildman–Crippen MR) is 71.2 cm³/mol. The Morgan fingerprint density at radius 2 is 2.11 bits per heavy atom. The maximum atomic E-state index is 11.5. The van der Waals surface area contributed by atoms with Crippen LogP contribution in [-0.2, 0) is 14.6 Å². The summed E-state index contributed by atoms with van der Waals surface area (Å²) in [5.41, 5.74) is 5.86. The van der Waals surface area contributed by atoms with Crippen LogP contribution in [0.25, 0.3) is 0 Å². The van der Waals surface area contributed by atoms with Gasteiger partial charge in [0.05, 0.1) is 23.7 Å². The van der Waals surface area contributed by atoms with E-state index in [-0.39, 0.29) is 23.9 Å². The van der Waals surface area contributed by atoms with Gasteiger partial charge in [-0.2, -0.15) is 0 Å². The van der Waals surface area contributed by atoms with E-state index < -0.39 is 9.84 Å². The highest BCUT2D eigenvalue weighted by molar-refractivity contribution is 7.91. The Hall–Kier alpha value is -0.170. The summed E-state index contributed by atoms with van der Waals surface area (Å²) in [6, 6.07) is 0.233. The van der Waals surface area contributed by atoms with Crippen LogP contribution in [-0.4, -0.2) is 62.7 Å². The minimum atomic E-state index is -2.84. The molecule has 2 saturated heterocycles. The monoisotopic (exact) mass is 276 g/mol. The third kappa shape index (κ3) is 3.04. The summed E-state index contributed by atoms with van der Waals surface area (Å²) in [5.74, 6) is 0.573. The average Bonchev–Trinajstić information content (AvgIpc) is 2.86. The first-order valence-corrected chi connectivity index (χ1v) is 8.53. The van der Waals surface area contributed by atoms with Gasteiger partial charge in [-0.15, -0.1) is 0 Å². The minimum absolute atomic E-state index is 0.100. The van der Waals surface area contributed by atoms with Crippen LogP contribution in [0.4, 0.5) is 0 Å². The van der Waals surface area contributed by atoms with Crippen molar-refractivity contribution in [2.75, 3.05) is 25.1 Å². The van der Waals surface area contributed by atoms with Crippen LogP contribution in [0.1, 0.15) is 26.2 Å². The van der Waals surface area contributed by atoms with Crippen LogP contribution in [0.15, 0.2) is 0 Å². The molecule has 0 radical (unpaired) electrons. The minimum Gasteiger partial charge on any atom is -0.374 e. The summed E-state index contributed by atoms with van der Waals surface area (Å²) in [7, 11) is -0.858. The molecule has 6 heteroatoms. The van der Waals surface area contributed by atoms with Gasteiger partial charge in [-0.05, 0) is 33.2 Å². The molecule has 2 rings (SSSR count). The molecule has 2 fully saturated rings. The number of rotatable bonds is 4. The first kappa shape index (κ1) is 14.2. The molecule has 0 aromatic rings. The lowest BCUT2D eigenvalue weighted by molar-refractivity contribution is -0.00583. The van der Waals surface area contributed by atoms with Crippen LogP contribution in [0, 0.1) is 0 Å². The summed E-state index contributed by atoms with van der Waals surface area (Å²) >= 11 is 0. The van der Waals surface area contributed by atoms with E-state index in [2.05, 4.69) is 11.8 Å². The molecule has 2 heterocycles. The van der Waals surface area contributed by atoms with E-state index in [1.807, 2.05) is 7.05 Å². The highest BCUT2D eigenvalue weighted by atomic mass is 32.2. The molecule has 0 spiro atoms. The SMILES string of the molecule is CC1CCC(C(CN)N(C)C2CCS(=O)(=O)C2)O1. The molecule has 0 aromatic carbocycles. The van der Waals surface area contributed by atoms with E-state index in [1.165, 1.54) is 0 Å². The summed E-state index contributed by atoms with van der Waals surface area (Å²) in [6.45, 7) is 2.60. The van der Waals surface area contributed by atoms with Crippen LogP contribution in [0.5, 0.6) is 0 Å². The summed E-state index contributed by atoms with van der Waals surface area (Å²) < 4.78 is 29.0. The Balaban J connectivity index is 2.00. The lowest BCUT2D eigenvalue weighted by atomic mass is 10.0. The Morgan fingerprint density at radius 3 is 2.56 bits per heavy atom. The number of hydrogen-bond donors (Lipinski definition) is 1. The van der Waals surface area contributed by atoms with Crippen LogP contribution in [0.3, 0.4) is 0 Å². The fourth-order valence-corrected chi connectivity index (χ4v) is 4.85. The molecule has 0 saturated carbocycles. The third-order valence-electron chi connectivity index (χ3n) is 4.24. The van der Waals surface area contributed by atoms with Crippen molar-refractivity contribution in [1.82, 2.24) is 4.90 Å². The molecule has 2 aliphatic heterocycles. The van der Waals surface area contributed by atoms with E-state index >= 15 is 0 Å². The topological polar surface area (TPSA) is 72.6 Å². The smallest absolute Gasteiger partial charge is 0.151 e. The number of nitrogens with two attached hydrogens (primary N) is 1. The molecule has 4 atom stereocenters. The number of ether oxygens (including phenoxy) is 1. The van der Waals surface area contributed by atoms with Gasteiger partial charge < -0.3 is 10.5 Å². The van der Waals surface area contributed by atoms with Gasteiger partial charge >= 0.3 is 0 Å². The molecule has 2 N–H and O–H groups in total. The average molecular weight is 276 g/mol. The van der Waals surface area contributed by atoms with E-state index in [1.54, 1.807) is 0 Å². The third-order valence-corrected chi connectivity index (χ3v) is 5.99. The fourth-order valence-electron chi connectivity index (χ4n) is 3.06. The van der Waals surface area contributed by atoms with E-state index in [9.17, 15) is 8.42 Å². The van der Waals surface area contributed by atoms with Crippen molar-refractivity contribution < 1.29 is 13.2 Å². The van der Waals surface area contributed by atoms with Crippen LogP contribution in [0.2, 0.25) is 0 Å². The Morgan fingerprint density at radius 1 is 1.39 bits per heavy atom. The first-order chi connectivity index (χ1) is 8.43. The van der Waals surface area contributed by atoms with E-state index in [0.29, 0.717) is 18.4 Å². The number of sulfone groups is 1. The predicted octanol–water partition coefficient (Wildman–Crippen LogP) is 0.000100. The molecule has 4 unspecified atom stereocenters. The van der Waals surface area contributed by atoms with Gasteiger partial charge in [-0.1, -0.05) is 0 Å². The summed E-state index contributed by atoms with van der Waals surface area (Å²) in [4.78, 5) is 2.13. The number of nitrogens with zero attached hydrogens (tertiary/aromatic N) is 1. The zero-order valence-electron chi connectivity index (χ0n) is 11.2. The van der Waals surface area contributed by atoms with Crippen molar-refractivity contribution in [2.24, 2.45) is 5.73 Å². The zero-order valence-corrected chi connectivity index (χ0v) is 12.0. The van der Waals surface area contributed by atoms with Crippen molar-refractivity contribution in [1.29, 1.82) is 0 Å². The molecular formula is C12H24N2O3S. The van der Waals surface area contributed by atoms with Crippen molar-refractivity contribution in [2.45, 2.75) is 50.5 Å². The molecule has 0 aliphatic carbocycles. The second-order valence-corrected chi connectivity index (χ2v) is 7.82.